The lowest BCUT2D eigenvalue weighted by atomic mass is 9.91. The Hall–Kier alpha value is -0.810. The number of ether oxygens (including phenoxy) is 1. The number of epoxide rings is 1. The maximum atomic E-state index is 7.51. The summed E-state index contributed by atoms with van der Waals surface area (Å²) in [5.74, 6) is 0. The normalized spacial score (nSPS) is 36.5. The Morgan fingerprint density at radius 2 is 2.33 bits per heavy atom. The summed E-state index contributed by atoms with van der Waals surface area (Å²) in [4.78, 5) is 0. The predicted molar refractivity (Wildman–Crippen MR) is 47.6 cm³/mol. The highest BCUT2D eigenvalue weighted by Gasteiger charge is 2.52. The van der Waals surface area contributed by atoms with E-state index in [1.54, 1.807) is 6.07 Å². The smallest absolute Gasteiger partial charge is 0.0920 e. The number of rotatable bonds is 0. The summed E-state index contributed by atoms with van der Waals surface area (Å²) >= 11 is 0. The van der Waals surface area contributed by atoms with Crippen LogP contribution >= 0.6 is 0 Å². The molecule has 2 nitrogen and oxygen atoms in total. The molecule has 0 aromatic carbocycles. The average Bonchev–Trinajstić information content (AvgIpc) is 2.77. The van der Waals surface area contributed by atoms with Crippen LogP contribution in [0.1, 0.15) is 32.6 Å². The second kappa shape index (κ2) is 3.73. The molecule has 1 aliphatic heterocycles. The molecule has 0 N–H and O–H groups in total. The number of hydrogen-bond acceptors (Lipinski definition) is 2. The molecule has 2 unspecified atom stereocenters. The van der Waals surface area contributed by atoms with Gasteiger partial charge < -0.3 is 4.74 Å². The van der Waals surface area contributed by atoms with Gasteiger partial charge in [-0.3, -0.25) is 0 Å². The zero-order valence-corrected chi connectivity index (χ0v) is 7.55. The van der Waals surface area contributed by atoms with Crippen molar-refractivity contribution in [2.75, 3.05) is 0 Å². The van der Waals surface area contributed by atoms with E-state index in [1.807, 2.05) is 0 Å². The van der Waals surface area contributed by atoms with E-state index in [-0.39, 0.29) is 0 Å². The zero-order chi connectivity index (χ0) is 9.03. The Kier molecular flexibility index (Phi) is 2.88. The van der Waals surface area contributed by atoms with Gasteiger partial charge in [-0.2, -0.15) is 5.26 Å². The standard InChI is InChI=1S/C7H12O.C3H3N/c1-7-5-3-2-4-6(7)8-7;1-2-3-4/h6H,2-5H2,1H3;2H,1H2. The van der Waals surface area contributed by atoms with E-state index in [0.29, 0.717) is 11.7 Å². The molecule has 2 aliphatic rings. The molecular weight excluding hydrogens is 150 g/mol. The first-order valence-corrected chi connectivity index (χ1v) is 4.41. The van der Waals surface area contributed by atoms with Crippen molar-refractivity contribution in [1.29, 1.82) is 5.26 Å². The van der Waals surface area contributed by atoms with Crippen LogP contribution in [0.15, 0.2) is 12.7 Å². The minimum Gasteiger partial charge on any atom is -0.366 e. The lowest BCUT2D eigenvalue weighted by Gasteiger charge is -2.09. The molecule has 2 fully saturated rings. The van der Waals surface area contributed by atoms with Gasteiger partial charge in [0.15, 0.2) is 0 Å². The molecular formula is C10H15NO. The number of fused-ring (bicyclic) bond motifs is 1. The van der Waals surface area contributed by atoms with Crippen LogP contribution < -0.4 is 0 Å². The number of nitriles is 1. The number of nitrogens with zero attached hydrogens (tertiary/aromatic N) is 1. The van der Waals surface area contributed by atoms with Gasteiger partial charge in [0.25, 0.3) is 0 Å². The van der Waals surface area contributed by atoms with Crippen LogP contribution in [0.4, 0.5) is 0 Å². The van der Waals surface area contributed by atoms with Crippen LogP contribution in [0.25, 0.3) is 0 Å². The van der Waals surface area contributed by atoms with Gasteiger partial charge in [0.1, 0.15) is 0 Å². The fraction of sp³-hybridized carbons (Fsp3) is 0.700. The van der Waals surface area contributed by atoms with Gasteiger partial charge in [-0.15, -0.1) is 0 Å². The highest BCUT2D eigenvalue weighted by atomic mass is 16.6. The molecule has 2 heteroatoms. The Balaban J connectivity index is 0.000000157. The van der Waals surface area contributed by atoms with Crippen LogP contribution in [-0.2, 0) is 4.74 Å². The van der Waals surface area contributed by atoms with Gasteiger partial charge in [-0.25, -0.2) is 0 Å². The second-order valence-electron chi connectivity index (χ2n) is 3.50. The first-order chi connectivity index (χ1) is 5.73. The molecule has 1 saturated carbocycles. The van der Waals surface area contributed by atoms with E-state index in [1.165, 1.54) is 31.8 Å². The van der Waals surface area contributed by atoms with E-state index < -0.39 is 0 Å². The van der Waals surface area contributed by atoms with Crippen molar-refractivity contribution in [2.24, 2.45) is 0 Å². The summed E-state index contributed by atoms with van der Waals surface area (Å²) in [5, 5.41) is 7.51. The molecule has 1 aliphatic carbocycles. The van der Waals surface area contributed by atoms with E-state index in [0.717, 1.165) is 0 Å². The highest BCUT2D eigenvalue weighted by molar-refractivity contribution is 5.01. The molecule has 0 bridgehead atoms. The van der Waals surface area contributed by atoms with Crippen molar-refractivity contribution in [3.8, 4) is 6.07 Å². The molecule has 0 radical (unpaired) electrons. The third-order valence-electron chi connectivity index (χ3n) is 2.52. The summed E-state index contributed by atoms with van der Waals surface area (Å²) in [7, 11) is 0. The quantitative estimate of drug-likeness (QED) is 0.408. The molecule has 12 heavy (non-hydrogen) atoms. The van der Waals surface area contributed by atoms with Crippen molar-refractivity contribution in [2.45, 2.75) is 44.3 Å². The molecule has 1 saturated heterocycles. The summed E-state index contributed by atoms with van der Waals surface area (Å²) in [6, 6.07) is 1.69. The minimum atomic E-state index is 0.345. The molecule has 0 aromatic heterocycles. The van der Waals surface area contributed by atoms with Gasteiger partial charge in [0.2, 0.25) is 0 Å². The van der Waals surface area contributed by atoms with Crippen LogP contribution in [0, 0.1) is 11.3 Å². The SMILES string of the molecule is C=CC#N.CC12CCCCC1O2. The lowest BCUT2D eigenvalue weighted by Crippen LogP contribution is -2.13. The zero-order valence-electron chi connectivity index (χ0n) is 7.55. The van der Waals surface area contributed by atoms with Crippen LogP contribution in [-0.4, -0.2) is 11.7 Å². The molecule has 0 spiro atoms. The fourth-order valence-corrected chi connectivity index (χ4v) is 1.68. The average molecular weight is 165 g/mol. The van der Waals surface area contributed by atoms with Gasteiger partial charge in [-0.05, 0) is 19.8 Å². The van der Waals surface area contributed by atoms with Crippen LogP contribution in [0.5, 0.6) is 0 Å². The molecule has 2 atom stereocenters. The number of hydrogen-bond donors (Lipinski definition) is 0. The van der Waals surface area contributed by atoms with E-state index in [2.05, 4.69) is 13.5 Å². The molecule has 66 valence electrons. The van der Waals surface area contributed by atoms with Crippen molar-refractivity contribution >= 4 is 0 Å². The Labute approximate surface area is 73.8 Å². The Morgan fingerprint density at radius 1 is 1.67 bits per heavy atom. The van der Waals surface area contributed by atoms with Crippen LogP contribution in [0.2, 0.25) is 0 Å². The summed E-state index contributed by atoms with van der Waals surface area (Å²) in [5.41, 5.74) is 0.345. The monoisotopic (exact) mass is 165 g/mol. The summed E-state index contributed by atoms with van der Waals surface area (Å²) in [6.45, 7) is 5.35. The van der Waals surface area contributed by atoms with E-state index in [9.17, 15) is 0 Å². The predicted octanol–water partition coefficient (Wildman–Crippen LogP) is 2.41. The molecule has 0 amide bonds. The first kappa shape index (κ1) is 9.28. The highest BCUT2D eigenvalue weighted by Crippen LogP contribution is 2.46. The van der Waals surface area contributed by atoms with Gasteiger partial charge in [-0.1, -0.05) is 19.4 Å². The minimum absolute atomic E-state index is 0.345. The topological polar surface area (TPSA) is 36.3 Å². The van der Waals surface area contributed by atoms with Gasteiger partial charge in [0.05, 0.1) is 17.8 Å². The van der Waals surface area contributed by atoms with Crippen LogP contribution in [0.3, 0.4) is 0 Å². The Bertz CT molecular complexity index is 204. The maximum absolute atomic E-state index is 7.51. The Morgan fingerprint density at radius 3 is 2.67 bits per heavy atom. The number of allylic oxidation sites excluding steroid dienone is 1. The maximum Gasteiger partial charge on any atom is 0.0920 e. The largest absolute Gasteiger partial charge is 0.366 e. The van der Waals surface area contributed by atoms with Crippen molar-refractivity contribution in [3.05, 3.63) is 12.7 Å². The van der Waals surface area contributed by atoms with Crippen molar-refractivity contribution in [1.82, 2.24) is 0 Å². The van der Waals surface area contributed by atoms with E-state index in [4.69, 9.17) is 10.00 Å². The molecule has 0 aromatic rings. The third kappa shape index (κ3) is 2.09. The van der Waals surface area contributed by atoms with Gasteiger partial charge >= 0.3 is 0 Å². The van der Waals surface area contributed by atoms with Gasteiger partial charge in [0, 0.05) is 6.08 Å². The second-order valence-corrected chi connectivity index (χ2v) is 3.50. The fourth-order valence-electron chi connectivity index (χ4n) is 1.68. The first-order valence-electron chi connectivity index (χ1n) is 4.41. The molecule has 2 rings (SSSR count). The molecule has 1 heterocycles. The van der Waals surface area contributed by atoms with Crippen molar-refractivity contribution in [3.63, 3.8) is 0 Å². The van der Waals surface area contributed by atoms with E-state index >= 15 is 0 Å². The third-order valence-corrected chi connectivity index (χ3v) is 2.52. The summed E-state index contributed by atoms with van der Waals surface area (Å²) < 4.78 is 5.47. The lowest BCUT2D eigenvalue weighted by molar-refractivity contribution is 0.304. The summed E-state index contributed by atoms with van der Waals surface area (Å²) in [6.07, 6.45) is 7.22. The van der Waals surface area contributed by atoms with Crippen molar-refractivity contribution < 1.29 is 4.74 Å².